The summed E-state index contributed by atoms with van der Waals surface area (Å²) in [5.74, 6) is -0.181. The average molecular weight is 323 g/mol. The number of methoxy groups -OCH3 is 1. The SMILES string of the molecule is CCOC(=O)CCCNC(=O)C1(COC)CCNCC1.Cl. The minimum absolute atomic E-state index is 0. The normalized spacial score (nSPS) is 16.7. The average Bonchev–Trinajstić information content (AvgIpc) is 2.45. The number of amides is 1. The molecule has 1 saturated heterocycles. The molecule has 21 heavy (non-hydrogen) atoms. The number of nitrogens with one attached hydrogen (secondary N) is 2. The molecule has 7 heteroatoms. The van der Waals surface area contributed by atoms with Crippen LogP contribution in [0.4, 0.5) is 0 Å². The van der Waals surface area contributed by atoms with Crippen LogP contribution in [0.25, 0.3) is 0 Å². The molecule has 6 nitrogen and oxygen atoms in total. The van der Waals surface area contributed by atoms with E-state index in [1.165, 1.54) is 0 Å². The molecule has 124 valence electrons. The molecule has 0 spiro atoms. The summed E-state index contributed by atoms with van der Waals surface area (Å²) in [4.78, 5) is 23.5. The van der Waals surface area contributed by atoms with Gasteiger partial charge in [0.1, 0.15) is 0 Å². The van der Waals surface area contributed by atoms with Crippen LogP contribution in [0.5, 0.6) is 0 Å². The predicted octanol–water partition coefficient (Wildman–Crippen LogP) is 0.884. The zero-order valence-corrected chi connectivity index (χ0v) is 13.7. The second-order valence-electron chi connectivity index (χ2n) is 5.13. The van der Waals surface area contributed by atoms with Crippen LogP contribution in [0.2, 0.25) is 0 Å². The summed E-state index contributed by atoms with van der Waals surface area (Å²) in [6, 6.07) is 0. The first kappa shape index (κ1) is 20.1. The third kappa shape index (κ3) is 6.63. The van der Waals surface area contributed by atoms with E-state index in [4.69, 9.17) is 9.47 Å². The number of carbonyl (C=O) groups is 2. The highest BCUT2D eigenvalue weighted by Gasteiger charge is 2.39. The van der Waals surface area contributed by atoms with E-state index in [9.17, 15) is 9.59 Å². The fourth-order valence-electron chi connectivity index (χ4n) is 2.47. The summed E-state index contributed by atoms with van der Waals surface area (Å²) in [5, 5.41) is 6.17. The molecule has 0 unspecified atom stereocenters. The van der Waals surface area contributed by atoms with Crippen molar-refractivity contribution >= 4 is 24.3 Å². The van der Waals surface area contributed by atoms with E-state index in [1.807, 2.05) is 0 Å². The second kappa shape index (κ2) is 10.8. The van der Waals surface area contributed by atoms with Gasteiger partial charge in [-0.1, -0.05) is 0 Å². The summed E-state index contributed by atoms with van der Waals surface area (Å²) < 4.78 is 10.1. The Kier molecular flexibility index (Phi) is 10.4. The Hall–Kier alpha value is -0.850. The van der Waals surface area contributed by atoms with Crippen LogP contribution >= 0.6 is 12.4 Å². The number of esters is 1. The number of ether oxygens (including phenoxy) is 2. The molecule has 1 heterocycles. The lowest BCUT2D eigenvalue weighted by atomic mass is 9.78. The van der Waals surface area contributed by atoms with Crippen molar-refractivity contribution in [3.8, 4) is 0 Å². The highest BCUT2D eigenvalue weighted by atomic mass is 35.5. The van der Waals surface area contributed by atoms with Gasteiger partial charge in [0.25, 0.3) is 0 Å². The minimum atomic E-state index is -0.427. The van der Waals surface area contributed by atoms with Crippen LogP contribution in [0.3, 0.4) is 0 Å². The molecule has 1 aliphatic heterocycles. The Morgan fingerprint density at radius 3 is 2.52 bits per heavy atom. The molecule has 0 aromatic carbocycles. The number of carbonyl (C=O) groups excluding carboxylic acids is 2. The van der Waals surface area contributed by atoms with Crippen molar-refractivity contribution in [2.45, 2.75) is 32.6 Å². The fraction of sp³-hybridized carbons (Fsp3) is 0.857. The largest absolute Gasteiger partial charge is 0.466 e. The van der Waals surface area contributed by atoms with Crippen LogP contribution in [-0.2, 0) is 19.1 Å². The van der Waals surface area contributed by atoms with Gasteiger partial charge in [0.05, 0.1) is 18.6 Å². The van der Waals surface area contributed by atoms with E-state index in [0.29, 0.717) is 32.6 Å². The van der Waals surface area contributed by atoms with Gasteiger partial charge in [-0.2, -0.15) is 0 Å². The Bertz CT molecular complexity index is 315. The summed E-state index contributed by atoms with van der Waals surface area (Å²) in [7, 11) is 1.62. The minimum Gasteiger partial charge on any atom is -0.466 e. The van der Waals surface area contributed by atoms with Crippen LogP contribution in [-0.4, -0.2) is 51.8 Å². The molecule has 2 N–H and O–H groups in total. The molecule has 0 atom stereocenters. The molecule has 0 aliphatic carbocycles. The lowest BCUT2D eigenvalue weighted by Crippen LogP contribution is -2.50. The van der Waals surface area contributed by atoms with Crippen LogP contribution < -0.4 is 10.6 Å². The van der Waals surface area contributed by atoms with Crippen molar-refractivity contribution in [3.05, 3.63) is 0 Å². The molecule has 1 aliphatic rings. The first-order chi connectivity index (χ1) is 9.64. The predicted molar refractivity (Wildman–Crippen MR) is 82.5 cm³/mol. The van der Waals surface area contributed by atoms with Gasteiger partial charge in [-0.25, -0.2) is 0 Å². The molecule has 0 aromatic rings. The fourth-order valence-corrected chi connectivity index (χ4v) is 2.47. The molecular weight excluding hydrogens is 296 g/mol. The highest BCUT2D eigenvalue weighted by molar-refractivity contribution is 5.85. The Labute approximate surface area is 132 Å². The quantitative estimate of drug-likeness (QED) is 0.512. The molecule has 0 bridgehead atoms. The molecule has 1 amide bonds. The number of rotatable bonds is 8. The number of halogens is 1. The Morgan fingerprint density at radius 1 is 1.29 bits per heavy atom. The Balaban J connectivity index is 0.00000400. The van der Waals surface area contributed by atoms with E-state index in [-0.39, 0.29) is 24.3 Å². The first-order valence-electron chi connectivity index (χ1n) is 7.28. The van der Waals surface area contributed by atoms with Crippen molar-refractivity contribution in [2.75, 3.05) is 40.0 Å². The molecule has 0 radical (unpaired) electrons. The lowest BCUT2D eigenvalue weighted by Gasteiger charge is -2.35. The van der Waals surface area contributed by atoms with Gasteiger partial charge in [0.2, 0.25) is 5.91 Å². The van der Waals surface area contributed by atoms with E-state index in [2.05, 4.69) is 10.6 Å². The van der Waals surface area contributed by atoms with Crippen LogP contribution in [0.1, 0.15) is 32.6 Å². The van der Waals surface area contributed by atoms with Gasteiger partial charge in [0.15, 0.2) is 0 Å². The van der Waals surface area contributed by atoms with Gasteiger partial charge < -0.3 is 20.1 Å². The summed E-state index contributed by atoms with van der Waals surface area (Å²) in [5.41, 5.74) is -0.427. The number of hydrogen-bond acceptors (Lipinski definition) is 5. The maximum Gasteiger partial charge on any atom is 0.305 e. The summed E-state index contributed by atoms with van der Waals surface area (Å²) in [6.45, 7) is 4.79. The van der Waals surface area contributed by atoms with Crippen molar-refractivity contribution in [1.29, 1.82) is 0 Å². The van der Waals surface area contributed by atoms with Gasteiger partial charge in [-0.05, 0) is 39.3 Å². The van der Waals surface area contributed by atoms with E-state index in [1.54, 1.807) is 14.0 Å². The third-order valence-corrected chi connectivity index (χ3v) is 3.61. The highest BCUT2D eigenvalue weighted by Crippen LogP contribution is 2.29. The number of hydrogen-bond donors (Lipinski definition) is 2. The van der Waals surface area contributed by atoms with E-state index in [0.717, 1.165) is 25.9 Å². The van der Waals surface area contributed by atoms with E-state index >= 15 is 0 Å². The van der Waals surface area contributed by atoms with Crippen LogP contribution in [0, 0.1) is 5.41 Å². The zero-order valence-electron chi connectivity index (χ0n) is 12.9. The lowest BCUT2D eigenvalue weighted by molar-refractivity contribution is -0.143. The maximum atomic E-state index is 12.3. The molecule has 1 rings (SSSR count). The van der Waals surface area contributed by atoms with Gasteiger partial charge >= 0.3 is 5.97 Å². The summed E-state index contributed by atoms with van der Waals surface area (Å²) >= 11 is 0. The van der Waals surface area contributed by atoms with Crippen molar-refractivity contribution in [1.82, 2.24) is 10.6 Å². The van der Waals surface area contributed by atoms with Gasteiger partial charge in [-0.15, -0.1) is 12.4 Å². The third-order valence-electron chi connectivity index (χ3n) is 3.61. The van der Waals surface area contributed by atoms with Crippen molar-refractivity contribution in [3.63, 3.8) is 0 Å². The van der Waals surface area contributed by atoms with Crippen molar-refractivity contribution < 1.29 is 19.1 Å². The second-order valence-corrected chi connectivity index (χ2v) is 5.13. The standard InChI is InChI=1S/C14H26N2O4.ClH/c1-3-20-12(17)5-4-8-16-13(18)14(11-19-2)6-9-15-10-7-14;/h15H,3-11H2,1-2H3,(H,16,18);1H. The molecular formula is C14H27ClN2O4. The van der Waals surface area contributed by atoms with E-state index < -0.39 is 5.41 Å². The Morgan fingerprint density at radius 2 is 1.95 bits per heavy atom. The molecule has 0 aromatic heterocycles. The monoisotopic (exact) mass is 322 g/mol. The number of piperidine rings is 1. The summed E-state index contributed by atoms with van der Waals surface area (Å²) in [6.07, 6.45) is 2.51. The van der Waals surface area contributed by atoms with Crippen molar-refractivity contribution in [2.24, 2.45) is 5.41 Å². The molecule has 0 saturated carbocycles. The maximum absolute atomic E-state index is 12.3. The van der Waals surface area contributed by atoms with Gasteiger partial charge in [0, 0.05) is 20.1 Å². The topological polar surface area (TPSA) is 76.7 Å². The van der Waals surface area contributed by atoms with Crippen LogP contribution in [0.15, 0.2) is 0 Å². The zero-order chi connectivity index (χ0) is 14.8. The van der Waals surface area contributed by atoms with Gasteiger partial charge in [-0.3, -0.25) is 9.59 Å². The first-order valence-corrected chi connectivity index (χ1v) is 7.28. The molecule has 1 fully saturated rings. The smallest absolute Gasteiger partial charge is 0.305 e.